The van der Waals surface area contributed by atoms with Crippen LogP contribution in [0.3, 0.4) is 0 Å². The van der Waals surface area contributed by atoms with Crippen LogP contribution in [0.1, 0.15) is 24.1 Å². The number of sulfone groups is 1. The van der Waals surface area contributed by atoms with Crippen molar-refractivity contribution in [2.75, 3.05) is 18.0 Å². The van der Waals surface area contributed by atoms with Crippen LogP contribution < -0.4 is 4.90 Å². The maximum absolute atomic E-state index is 13.4. The number of hydrogen-bond acceptors (Lipinski definition) is 5. The minimum atomic E-state index is -3.61. The van der Waals surface area contributed by atoms with Gasteiger partial charge in [0.25, 0.3) is 0 Å². The smallest absolute Gasteiger partial charge is 0.185 e. The van der Waals surface area contributed by atoms with Crippen LogP contribution in [-0.2, 0) is 16.3 Å². The number of anilines is 1. The van der Waals surface area contributed by atoms with Crippen LogP contribution in [0.15, 0.2) is 46.7 Å². The molecule has 31 heavy (non-hydrogen) atoms. The molecule has 1 aliphatic heterocycles. The summed E-state index contributed by atoms with van der Waals surface area (Å²) in [6, 6.07) is 7.24. The number of nitrogens with zero attached hydrogens (tertiary/aromatic N) is 2. The molecule has 0 spiro atoms. The summed E-state index contributed by atoms with van der Waals surface area (Å²) in [5.41, 5.74) is 1.36. The number of thiazole rings is 1. The molecular formula is C21H18ClF3N2O2S2. The van der Waals surface area contributed by atoms with E-state index in [0.29, 0.717) is 37.9 Å². The van der Waals surface area contributed by atoms with Crippen molar-refractivity contribution in [3.63, 3.8) is 0 Å². The van der Waals surface area contributed by atoms with Crippen molar-refractivity contribution in [1.82, 2.24) is 4.98 Å². The molecule has 3 aromatic rings. The van der Waals surface area contributed by atoms with Crippen molar-refractivity contribution < 1.29 is 21.6 Å². The van der Waals surface area contributed by atoms with Crippen LogP contribution in [0, 0.1) is 17.5 Å². The second kappa shape index (κ2) is 8.80. The van der Waals surface area contributed by atoms with Crippen molar-refractivity contribution in [1.29, 1.82) is 0 Å². The van der Waals surface area contributed by atoms with Crippen LogP contribution in [-0.4, -0.2) is 31.7 Å². The minimum absolute atomic E-state index is 0.0282. The highest BCUT2D eigenvalue weighted by molar-refractivity contribution is 7.92. The van der Waals surface area contributed by atoms with Crippen LogP contribution in [0.25, 0.3) is 0 Å². The Morgan fingerprint density at radius 3 is 2.42 bits per heavy atom. The summed E-state index contributed by atoms with van der Waals surface area (Å²) in [6.45, 7) is 1.02. The number of aromatic nitrogens is 1. The fraction of sp³-hybridized carbons (Fsp3) is 0.286. The maximum Gasteiger partial charge on any atom is 0.185 e. The summed E-state index contributed by atoms with van der Waals surface area (Å²) >= 11 is 7.17. The summed E-state index contributed by atoms with van der Waals surface area (Å²) in [4.78, 5) is 6.61. The van der Waals surface area contributed by atoms with Gasteiger partial charge in [-0.2, -0.15) is 0 Å². The zero-order valence-corrected chi connectivity index (χ0v) is 18.6. The van der Waals surface area contributed by atoms with Crippen molar-refractivity contribution in [2.45, 2.75) is 29.4 Å². The average Bonchev–Trinajstić information content (AvgIpc) is 3.21. The molecule has 2 aromatic carbocycles. The number of halogens is 4. The lowest BCUT2D eigenvalue weighted by Gasteiger charge is -2.31. The van der Waals surface area contributed by atoms with E-state index < -0.39 is 32.5 Å². The van der Waals surface area contributed by atoms with Gasteiger partial charge in [-0.3, -0.25) is 0 Å². The number of piperidine rings is 1. The third-order valence-electron chi connectivity index (χ3n) is 5.28. The van der Waals surface area contributed by atoms with E-state index in [1.807, 2.05) is 10.3 Å². The highest BCUT2D eigenvalue weighted by Gasteiger charge is 2.32. The van der Waals surface area contributed by atoms with E-state index in [-0.39, 0.29) is 9.92 Å². The van der Waals surface area contributed by atoms with Crippen LogP contribution >= 0.6 is 22.9 Å². The Morgan fingerprint density at radius 1 is 1.03 bits per heavy atom. The van der Waals surface area contributed by atoms with Gasteiger partial charge in [-0.15, -0.1) is 11.3 Å². The molecule has 0 unspecified atom stereocenters. The average molecular weight is 487 g/mol. The Morgan fingerprint density at radius 2 is 1.74 bits per heavy atom. The molecule has 10 heteroatoms. The molecule has 0 saturated carbocycles. The largest absolute Gasteiger partial charge is 0.348 e. The highest BCUT2D eigenvalue weighted by atomic mass is 35.5. The molecule has 4 nitrogen and oxygen atoms in total. The van der Waals surface area contributed by atoms with E-state index in [1.165, 1.54) is 23.5 Å². The summed E-state index contributed by atoms with van der Waals surface area (Å²) in [5.74, 6) is -2.43. The Balaban J connectivity index is 1.41. The third kappa shape index (κ3) is 4.73. The molecule has 0 radical (unpaired) electrons. The molecule has 1 fully saturated rings. The SMILES string of the molecule is O=S(=O)(c1ccc(F)c(Cl)c1)C1CCN(c2nc(Cc3ccc(F)c(F)c3)cs2)CC1. The predicted octanol–water partition coefficient (Wildman–Crippen LogP) is 5.25. The highest BCUT2D eigenvalue weighted by Crippen LogP contribution is 2.31. The standard InChI is InChI=1S/C21H18ClF3N2O2S2/c22-17-11-16(2-4-18(17)23)31(28,29)15-5-7-27(8-6-15)21-26-14(12-30-21)9-13-1-3-19(24)20(25)10-13/h1-4,10-12,15H,5-9H2. The first-order chi connectivity index (χ1) is 14.7. The summed E-state index contributed by atoms with van der Waals surface area (Å²) in [5, 5.41) is 1.83. The van der Waals surface area contributed by atoms with Crippen molar-refractivity contribution in [3.8, 4) is 0 Å². The number of hydrogen-bond donors (Lipinski definition) is 0. The minimum Gasteiger partial charge on any atom is -0.348 e. The van der Waals surface area contributed by atoms with Gasteiger partial charge < -0.3 is 4.90 Å². The lowest BCUT2D eigenvalue weighted by molar-refractivity contribution is 0.507. The quantitative estimate of drug-likeness (QED) is 0.462. The fourth-order valence-corrected chi connectivity index (χ4v) is 6.47. The van der Waals surface area contributed by atoms with Gasteiger partial charge in [0.1, 0.15) is 5.82 Å². The van der Waals surface area contributed by atoms with Gasteiger partial charge in [-0.25, -0.2) is 26.6 Å². The molecule has 164 valence electrons. The maximum atomic E-state index is 13.4. The van der Waals surface area contributed by atoms with E-state index in [9.17, 15) is 21.6 Å². The molecule has 4 rings (SSSR count). The summed E-state index contributed by atoms with van der Waals surface area (Å²) < 4.78 is 65.6. The van der Waals surface area contributed by atoms with Gasteiger partial charge in [0.2, 0.25) is 0 Å². The van der Waals surface area contributed by atoms with E-state index in [4.69, 9.17) is 11.6 Å². The number of benzene rings is 2. The monoisotopic (exact) mass is 486 g/mol. The van der Waals surface area contributed by atoms with Gasteiger partial charge in [0.05, 0.1) is 20.9 Å². The zero-order chi connectivity index (χ0) is 22.2. The molecule has 1 saturated heterocycles. The van der Waals surface area contributed by atoms with Crippen molar-refractivity contribution in [3.05, 3.63) is 75.5 Å². The first-order valence-electron chi connectivity index (χ1n) is 9.56. The van der Waals surface area contributed by atoms with Gasteiger partial charge in [-0.05, 0) is 48.7 Å². The topological polar surface area (TPSA) is 50.3 Å². The molecule has 1 aromatic heterocycles. The van der Waals surface area contributed by atoms with E-state index in [0.717, 1.165) is 35.1 Å². The third-order valence-corrected chi connectivity index (χ3v) is 8.78. The first-order valence-corrected chi connectivity index (χ1v) is 12.4. The van der Waals surface area contributed by atoms with Crippen molar-refractivity contribution in [2.24, 2.45) is 0 Å². The van der Waals surface area contributed by atoms with Crippen LogP contribution in [0.4, 0.5) is 18.3 Å². The van der Waals surface area contributed by atoms with Gasteiger partial charge in [0, 0.05) is 24.9 Å². The van der Waals surface area contributed by atoms with Gasteiger partial charge in [-0.1, -0.05) is 17.7 Å². The second-order valence-electron chi connectivity index (χ2n) is 7.35. The molecule has 0 bridgehead atoms. The lowest BCUT2D eigenvalue weighted by atomic mass is 10.1. The van der Waals surface area contributed by atoms with E-state index >= 15 is 0 Å². The molecule has 1 aliphatic rings. The molecule has 0 amide bonds. The Kier molecular flexibility index (Phi) is 6.27. The van der Waals surface area contributed by atoms with Gasteiger partial charge in [0.15, 0.2) is 26.6 Å². The fourth-order valence-electron chi connectivity index (χ4n) is 3.59. The zero-order valence-electron chi connectivity index (χ0n) is 16.2. The van der Waals surface area contributed by atoms with E-state index in [2.05, 4.69) is 4.98 Å². The number of rotatable bonds is 5. The van der Waals surface area contributed by atoms with Crippen LogP contribution in [0.2, 0.25) is 5.02 Å². The predicted molar refractivity (Wildman–Crippen MR) is 115 cm³/mol. The molecule has 0 atom stereocenters. The molecule has 0 aliphatic carbocycles. The Labute approximate surface area is 187 Å². The van der Waals surface area contributed by atoms with Gasteiger partial charge >= 0.3 is 0 Å². The Bertz CT molecular complexity index is 1210. The van der Waals surface area contributed by atoms with Crippen molar-refractivity contribution >= 4 is 37.9 Å². The molecule has 0 N–H and O–H groups in total. The van der Waals surface area contributed by atoms with Crippen LogP contribution in [0.5, 0.6) is 0 Å². The van der Waals surface area contributed by atoms with E-state index in [1.54, 1.807) is 0 Å². The summed E-state index contributed by atoms with van der Waals surface area (Å²) in [6.07, 6.45) is 1.20. The molecule has 2 heterocycles. The lowest BCUT2D eigenvalue weighted by Crippen LogP contribution is -2.39. The molecular weight excluding hydrogens is 469 g/mol. The second-order valence-corrected chi connectivity index (χ2v) is 10.8. The first kappa shape index (κ1) is 22.1. The normalized spacial score (nSPS) is 15.4. The summed E-state index contributed by atoms with van der Waals surface area (Å²) in [7, 11) is -3.61. The Hall–Kier alpha value is -2.10.